The molecule has 0 spiro atoms. The van der Waals surface area contributed by atoms with Gasteiger partial charge in [-0.25, -0.2) is 0 Å². The van der Waals surface area contributed by atoms with Crippen LogP contribution in [0.2, 0.25) is 0 Å². The first-order valence-electron chi connectivity index (χ1n) is 9.32. The summed E-state index contributed by atoms with van der Waals surface area (Å²) in [6, 6.07) is 14.6. The molecule has 1 aliphatic heterocycles. The number of carbonyl (C=O) groups is 1. The third-order valence-electron chi connectivity index (χ3n) is 5.06. The molecule has 2 aromatic rings. The topological polar surface area (TPSA) is 32.8 Å². The fourth-order valence-electron chi connectivity index (χ4n) is 3.26. The Balaban J connectivity index is 1.44. The van der Waals surface area contributed by atoms with Crippen LogP contribution in [0.15, 0.2) is 42.5 Å². The Morgan fingerprint density at radius 3 is 2.42 bits per heavy atom. The van der Waals surface area contributed by atoms with Gasteiger partial charge in [0.15, 0.2) is 0 Å². The Labute approximate surface area is 156 Å². The molecule has 0 bridgehead atoms. The second-order valence-electron chi connectivity index (χ2n) is 7.05. The summed E-state index contributed by atoms with van der Waals surface area (Å²) in [7, 11) is 0. The maximum Gasteiger partial charge on any atom is 0.226 e. The van der Waals surface area contributed by atoms with Gasteiger partial charge in [-0.05, 0) is 61.7 Å². The van der Waals surface area contributed by atoms with E-state index in [9.17, 15) is 4.79 Å². The number of rotatable bonds is 5. The van der Waals surface area contributed by atoms with E-state index in [1.54, 1.807) is 0 Å². The zero-order valence-electron chi connectivity index (χ0n) is 16.0. The minimum atomic E-state index is 0.178. The minimum Gasteiger partial charge on any atom is -0.493 e. The highest BCUT2D eigenvalue weighted by Gasteiger charge is 2.21. The van der Waals surface area contributed by atoms with Gasteiger partial charge in [-0.2, -0.15) is 0 Å². The van der Waals surface area contributed by atoms with E-state index in [2.05, 4.69) is 56.0 Å². The Hall–Kier alpha value is -2.49. The van der Waals surface area contributed by atoms with E-state index in [1.807, 2.05) is 17.0 Å². The molecular weight excluding hydrogens is 324 g/mol. The molecule has 4 nitrogen and oxygen atoms in total. The van der Waals surface area contributed by atoms with Crippen molar-refractivity contribution in [2.75, 3.05) is 37.7 Å². The van der Waals surface area contributed by atoms with Crippen molar-refractivity contribution in [2.24, 2.45) is 0 Å². The van der Waals surface area contributed by atoms with E-state index in [0.29, 0.717) is 13.0 Å². The van der Waals surface area contributed by atoms with Crippen molar-refractivity contribution in [3.05, 3.63) is 59.2 Å². The summed E-state index contributed by atoms with van der Waals surface area (Å²) in [5.74, 6) is 1.02. The third-order valence-corrected chi connectivity index (χ3v) is 5.06. The molecule has 3 rings (SSSR count). The van der Waals surface area contributed by atoms with E-state index < -0.39 is 0 Å². The molecule has 2 aromatic carbocycles. The van der Waals surface area contributed by atoms with Crippen molar-refractivity contribution in [1.82, 2.24) is 4.90 Å². The van der Waals surface area contributed by atoms with E-state index in [-0.39, 0.29) is 5.91 Å². The normalized spacial score (nSPS) is 14.4. The molecule has 1 saturated heterocycles. The molecule has 0 radical (unpaired) electrons. The standard InChI is InChI=1S/C22H28N2O2/c1-17-5-4-6-20(15-17)23-10-12-24(13-11-23)22(25)9-14-26-21-8-7-18(2)19(3)16-21/h4-8,15-16H,9-14H2,1-3H3. The molecule has 1 amide bonds. The number of benzene rings is 2. The fraction of sp³-hybridized carbons (Fsp3) is 0.409. The van der Waals surface area contributed by atoms with Crippen LogP contribution in [-0.2, 0) is 4.79 Å². The lowest BCUT2D eigenvalue weighted by Gasteiger charge is -2.36. The summed E-state index contributed by atoms with van der Waals surface area (Å²) in [5, 5.41) is 0. The lowest BCUT2D eigenvalue weighted by molar-refractivity contribution is -0.132. The molecule has 0 N–H and O–H groups in total. The van der Waals surface area contributed by atoms with Gasteiger partial charge in [-0.15, -0.1) is 0 Å². The second-order valence-corrected chi connectivity index (χ2v) is 7.05. The SMILES string of the molecule is Cc1cccc(N2CCN(C(=O)CCOc3ccc(C)c(C)c3)CC2)c1. The van der Waals surface area contributed by atoms with Crippen LogP contribution in [0.25, 0.3) is 0 Å². The summed E-state index contributed by atoms with van der Waals surface area (Å²) in [6.07, 6.45) is 0.428. The van der Waals surface area contributed by atoms with Crippen molar-refractivity contribution in [2.45, 2.75) is 27.2 Å². The van der Waals surface area contributed by atoms with Crippen LogP contribution >= 0.6 is 0 Å². The predicted octanol–water partition coefficient (Wildman–Crippen LogP) is 3.73. The smallest absolute Gasteiger partial charge is 0.226 e. The number of piperazine rings is 1. The molecule has 0 unspecified atom stereocenters. The molecule has 138 valence electrons. The van der Waals surface area contributed by atoms with E-state index in [1.165, 1.54) is 22.4 Å². The van der Waals surface area contributed by atoms with Crippen molar-refractivity contribution in [3.8, 4) is 5.75 Å². The van der Waals surface area contributed by atoms with Crippen LogP contribution < -0.4 is 9.64 Å². The summed E-state index contributed by atoms with van der Waals surface area (Å²) >= 11 is 0. The Morgan fingerprint density at radius 1 is 0.962 bits per heavy atom. The second kappa shape index (κ2) is 8.26. The van der Waals surface area contributed by atoms with Crippen molar-refractivity contribution in [1.29, 1.82) is 0 Å². The zero-order valence-corrected chi connectivity index (χ0v) is 16.0. The molecule has 1 heterocycles. The van der Waals surface area contributed by atoms with Crippen LogP contribution in [0.3, 0.4) is 0 Å². The molecule has 0 atom stereocenters. The van der Waals surface area contributed by atoms with Crippen molar-refractivity contribution >= 4 is 11.6 Å². The Kier molecular flexibility index (Phi) is 5.82. The largest absolute Gasteiger partial charge is 0.493 e. The first kappa shape index (κ1) is 18.3. The number of nitrogens with zero attached hydrogens (tertiary/aromatic N) is 2. The van der Waals surface area contributed by atoms with Crippen LogP contribution in [-0.4, -0.2) is 43.6 Å². The van der Waals surface area contributed by atoms with Crippen LogP contribution in [0.5, 0.6) is 5.75 Å². The maximum absolute atomic E-state index is 12.4. The van der Waals surface area contributed by atoms with E-state index >= 15 is 0 Å². The van der Waals surface area contributed by atoms with Gasteiger partial charge < -0.3 is 14.5 Å². The van der Waals surface area contributed by atoms with Gasteiger partial charge in [-0.1, -0.05) is 18.2 Å². The van der Waals surface area contributed by atoms with Gasteiger partial charge in [0, 0.05) is 31.9 Å². The summed E-state index contributed by atoms with van der Waals surface area (Å²) < 4.78 is 5.75. The van der Waals surface area contributed by atoms with Gasteiger partial charge in [0.1, 0.15) is 5.75 Å². The predicted molar refractivity (Wildman–Crippen MR) is 106 cm³/mol. The Morgan fingerprint density at radius 2 is 1.73 bits per heavy atom. The molecule has 26 heavy (non-hydrogen) atoms. The van der Waals surface area contributed by atoms with Crippen LogP contribution in [0, 0.1) is 20.8 Å². The summed E-state index contributed by atoms with van der Waals surface area (Å²) in [4.78, 5) is 16.7. The van der Waals surface area contributed by atoms with Crippen LogP contribution in [0.1, 0.15) is 23.1 Å². The number of aryl methyl sites for hydroxylation is 3. The minimum absolute atomic E-state index is 0.178. The number of carbonyl (C=O) groups excluding carboxylic acids is 1. The Bertz CT molecular complexity index is 764. The average molecular weight is 352 g/mol. The lowest BCUT2D eigenvalue weighted by atomic mass is 10.1. The fourth-order valence-corrected chi connectivity index (χ4v) is 3.26. The summed E-state index contributed by atoms with van der Waals surface area (Å²) in [5.41, 5.74) is 4.97. The highest BCUT2D eigenvalue weighted by atomic mass is 16.5. The zero-order chi connectivity index (χ0) is 18.5. The first-order valence-corrected chi connectivity index (χ1v) is 9.32. The molecule has 1 fully saturated rings. The monoisotopic (exact) mass is 352 g/mol. The van der Waals surface area contributed by atoms with E-state index in [4.69, 9.17) is 4.74 Å². The van der Waals surface area contributed by atoms with Crippen molar-refractivity contribution in [3.63, 3.8) is 0 Å². The molecule has 1 aliphatic rings. The highest BCUT2D eigenvalue weighted by Crippen LogP contribution is 2.19. The molecule has 0 aliphatic carbocycles. The van der Waals surface area contributed by atoms with Gasteiger partial charge in [0.05, 0.1) is 13.0 Å². The summed E-state index contributed by atoms with van der Waals surface area (Å²) in [6.45, 7) is 10.0. The molecule has 0 aromatic heterocycles. The first-order chi connectivity index (χ1) is 12.5. The van der Waals surface area contributed by atoms with Crippen LogP contribution in [0.4, 0.5) is 5.69 Å². The highest BCUT2D eigenvalue weighted by molar-refractivity contribution is 5.76. The lowest BCUT2D eigenvalue weighted by Crippen LogP contribution is -2.49. The number of hydrogen-bond donors (Lipinski definition) is 0. The van der Waals surface area contributed by atoms with E-state index in [0.717, 1.165) is 31.9 Å². The number of hydrogen-bond acceptors (Lipinski definition) is 3. The molecule has 4 heteroatoms. The third kappa shape index (κ3) is 4.57. The average Bonchev–Trinajstić information content (AvgIpc) is 2.65. The van der Waals surface area contributed by atoms with Gasteiger partial charge >= 0.3 is 0 Å². The number of ether oxygens (including phenoxy) is 1. The van der Waals surface area contributed by atoms with Gasteiger partial charge in [0.25, 0.3) is 0 Å². The molecule has 0 saturated carbocycles. The maximum atomic E-state index is 12.4. The van der Waals surface area contributed by atoms with Gasteiger partial charge in [-0.3, -0.25) is 4.79 Å². The van der Waals surface area contributed by atoms with Crippen molar-refractivity contribution < 1.29 is 9.53 Å². The van der Waals surface area contributed by atoms with Gasteiger partial charge in [0.2, 0.25) is 5.91 Å². The quantitative estimate of drug-likeness (QED) is 0.822. The number of anilines is 1. The number of amides is 1. The molecular formula is C22H28N2O2.